The maximum absolute atomic E-state index is 14.9. The molecule has 0 aromatic carbocycles. The van der Waals surface area contributed by atoms with Gasteiger partial charge < -0.3 is 9.90 Å². The molecule has 0 bridgehead atoms. The van der Waals surface area contributed by atoms with Crippen molar-refractivity contribution in [3.05, 3.63) is 0 Å². The number of hydrogen-bond donors (Lipinski definition) is 0. The highest BCUT2D eigenvalue weighted by Gasteiger charge is 2.90. The topological polar surface area (TPSA) is 40.1 Å². The molecule has 2 nitrogen and oxygen atoms in total. The van der Waals surface area contributed by atoms with Gasteiger partial charge in [-0.25, -0.2) is 0 Å². The minimum Gasteiger partial charge on any atom is -0.547 e. The van der Waals surface area contributed by atoms with Gasteiger partial charge in [-0.1, -0.05) is 0 Å². The number of carbonyl (C=O) groups is 1. The first kappa shape index (κ1) is 43.7. The third-order valence-electron chi connectivity index (χ3n) is 4.45. The first-order valence-electron chi connectivity index (χ1n) is 7.53. The molecule has 0 unspecified atom stereocenters. The van der Waals surface area contributed by atoms with Crippen LogP contribution in [0.1, 0.15) is 0 Å². The molecular formula is C8F15O2S15-. The predicted molar refractivity (Wildman–Crippen MR) is 155 cm³/mol. The van der Waals surface area contributed by atoms with Crippen LogP contribution >= 0.6 is 182 Å². The third-order valence-corrected chi connectivity index (χ3v) is 22.4. The zero-order valence-electron chi connectivity index (χ0n) is 16.6. The Morgan fingerprint density at radius 3 is 0.750 bits per heavy atom. The highest BCUT2D eigenvalue weighted by atomic mass is 32.3. The molecular weight excluding hydrogens is 894 g/mol. The summed E-state index contributed by atoms with van der Waals surface area (Å²) in [7, 11) is 0. The fourth-order valence-corrected chi connectivity index (χ4v) is 15.9. The van der Waals surface area contributed by atoms with Gasteiger partial charge in [-0.15, -0.1) is 0 Å². The van der Waals surface area contributed by atoms with Gasteiger partial charge in [0.25, 0.3) is 0 Å². The molecule has 40 heavy (non-hydrogen) atoms. The van der Waals surface area contributed by atoms with Gasteiger partial charge in [0.15, 0.2) is 24.5 Å². The molecule has 0 N–H and O–H groups in total. The second-order valence-corrected chi connectivity index (χ2v) is 19.5. The quantitative estimate of drug-likeness (QED) is 0.0764. The largest absolute Gasteiger partial charge is 0.547 e. The van der Waals surface area contributed by atoms with Crippen LogP contribution < -0.4 is 5.11 Å². The minimum absolute atomic E-state index is 1.83. The fraction of sp³-hybridized carbons (Fsp3) is 0.875. The molecule has 0 saturated carbocycles. The number of carboxylic acids is 1. The van der Waals surface area contributed by atoms with Gasteiger partial charge in [0.05, 0.1) is 188 Å². The zero-order chi connectivity index (χ0) is 31.7. The van der Waals surface area contributed by atoms with Gasteiger partial charge in [-0.05, 0) is 0 Å². The summed E-state index contributed by atoms with van der Waals surface area (Å²) >= 11 is -31.0. The van der Waals surface area contributed by atoms with Crippen molar-refractivity contribution in [1.29, 1.82) is 0 Å². The van der Waals surface area contributed by atoms with Crippen molar-refractivity contribution in [2.75, 3.05) is 0 Å². The molecule has 0 rings (SSSR count). The lowest BCUT2D eigenvalue weighted by atomic mass is 10.0. The second kappa shape index (κ2) is 18.3. The van der Waals surface area contributed by atoms with Gasteiger partial charge in [0, 0.05) is 0 Å². The number of carboxylic acid groups (broad SMARTS) is 1. The average molecular weight is 894 g/mol. The minimum atomic E-state index is -5.10. The molecule has 0 atom stereocenters. The number of aliphatic carboxylic acids is 1. The molecule has 0 radical (unpaired) electrons. The molecule has 0 heterocycles. The Bertz CT molecular complexity index is 769. The summed E-state index contributed by atoms with van der Waals surface area (Å²) in [5.74, 6) is -3.33. The van der Waals surface area contributed by atoms with Crippen molar-refractivity contribution in [3.63, 3.8) is 0 Å². The van der Waals surface area contributed by atoms with Crippen LogP contribution in [0.25, 0.3) is 0 Å². The highest BCUT2D eigenvalue weighted by Crippen LogP contribution is 2.85. The molecule has 0 aliphatic heterocycles. The van der Waals surface area contributed by atoms with Gasteiger partial charge in [-0.3, -0.25) is 0 Å². The summed E-state index contributed by atoms with van der Waals surface area (Å²) in [5, 5.41) is 11.7. The first-order chi connectivity index (χ1) is 18.9. The SMILES string of the molecule is O=C([O-])C(SF)(SF)C(SF)(SF)C(SF)(SF)C(SF)(SF)C(SF)(SF)C(SF)(SF)C(SF)(SF)SF. The highest BCUT2D eigenvalue weighted by molar-refractivity contribution is 8.34. The van der Waals surface area contributed by atoms with Crippen molar-refractivity contribution in [1.82, 2.24) is 0 Å². The maximum Gasteiger partial charge on any atom is 0.230 e. The van der Waals surface area contributed by atoms with Crippen molar-refractivity contribution in [2.24, 2.45) is 0 Å². The summed E-state index contributed by atoms with van der Waals surface area (Å²) in [6.45, 7) is 0. The van der Waals surface area contributed by atoms with E-state index in [1.54, 1.807) is 0 Å². The van der Waals surface area contributed by atoms with Crippen LogP contribution in [0.4, 0.5) is 58.3 Å². The lowest BCUT2D eigenvalue weighted by Gasteiger charge is -2.59. The molecule has 0 aliphatic carbocycles. The number of hydrogen-bond acceptors (Lipinski definition) is 17. The van der Waals surface area contributed by atoms with Gasteiger partial charge >= 0.3 is 0 Å². The van der Waals surface area contributed by atoms with Crippen LogP contribution in [0, 0.1) is 0 Å². The summed E-state index contributed by atoms with van der Waals surface area (Å²) in [6.07, 6.45) is 0. The van der Waals surface area contributed by atoms with E-state index in [-0.39, 0.29) is 0 Å². The Hall–Kier alpha value is 3.67. The van der Waals surface area contributed by atoms with Crippen molar-refractivity contribution >= 4 is 188 Å². The standard InChI is InChI=1S/C8HF15O2S15/c9-26-2(27-10,1(24)25)3(28-11,29-12)4(30-13,31-14)5(32-15,33-16)6(34-17,35-18)7(36-19,37-20)8(38-21,39-22)40-23/h(H,24,25)/p-1. The van der Waals surface area contributed by atoms with E-state index in [1.807, 2.05) is 0 Å². The molecule has 0 aliphatic rings. The third kappa shape index (κ3) is 5.84. The normalized spacial score (nSPS) is 14.6. The molecule has 0 aromatic heterocycles. The molecule has 0 fully saturated rings. The van der Waals surface area contributed by atoms with Crippen LogP contribution in [0.15, 0.2) is 0 Å². The van der Waals surface area contributed by atoms with E-state index in [4.69, 9.17) is 0 Å². The lowest BCUT2D eigenvalue weighted by Crippen LogP contribution is -2.75. The zero-order valence-corrected chi connectivity index (χ0v) is 28.9. The summed E-state index contributed by atoms with van der Waals surface area (Å²) in [4.78, 5) is 11.7. The predicted octanol–water partition coefficient (Wildman–Crippen LogP) is 12.8. The second-order valence-electron chi connectivity index (χ2n) is 5.70. The van der Waals surface area contributed by atoms with Crippen LogP contribution in [-0.4, -0.2) is 33.9 Å². The summed E-state index contributed by atoms with van der Waals surface area (Å²) in [6, 6.07) is 0. The smallest absolute Gasteiger partial charge is 0.230 e. The molecule has 0 spiro atoms. The summed E-state index contributed by atoms with van der Waals surface area (Å²) in [5.41, 5.74) is 0. The lowest BCUT2D eigenvalue weighted by molar-refractivity contribution is -0.306. The van der Waals surface area contributed by atoms with E-state index in [1.165, 1.54) is 0 Å². The Labute approximate surface area is 281 Å². The Morgan fingerprint density at radius 1 is 0.350 bits per heavy atom. The monoisotopic (exact) mass is 893 g/mol. The van der Waals surface area contributed by atoms with Crippen molar-refractivity contribution in [3.8, 4) is 0 Å². The van der Waals surface area contributed by atoms with Crippen molar-refractivity contribution < 1.29 is 68.2 Å². The number of rotatable bonds is 22. The van der Waals surface area contributed by atoms with Gasteiger partial charge in [-0.2, -0.15) is 58.3 Å². The van der Waals surface area contributed by atoms with Gasteiger partial charge in [0.1, 0.15) is 0 Å². The van der Waals surface area contributed by atoms with E-state index >= 15 is 0 Å². The van der Waals surface area contributed by atoms with Crippen LogP contribution in [0.3, 0.4) is 0 Å². The Morgan fingerprint density at radius 2 is 0.575 bits per heavy atom. The molecule has 0 aromatic rings. The molecule has 240 valence electrons. The first-order valence-corrected chi connectivity index (χ1v) is 18.3. The van der Waals surface area contributed by atoms with E-state index in [0.717, 1.165) is 0 Å². The van der Waals surface area contributed by atoms with E-state index in [9.17, 15) is 68.2 Å². The van der Waals surface area contributed by atoms with E-state index in [0.29, 0.717) is 0 Å². The fourth-order valence-electron chi connectivity index (χ4n) is 2.64. The Kier molecular flexibility index (Phi) is 20.0. The van der Waals surface area contributed by atoms with Crippen LogP contribution in [0.5, 0.6) is 0 Å². The molecule has 0 saturated heterocycles. The maximum atomic E-state index is 14.9. The number of carbonyl (C=O) groups excluding carboxylic acids is 1. The van der Waals surface area contributed by atoms with Gasteiger partial charge in [0.2, 0.25) is 3.41 Å². The van der Waals surface area contributed by atoms with Crippen LogP contribution in [-0.2, 0) is 4.79 Å². The number of halogens is 15. The van der Waals surface area contributed by atoms with E-state index < -0.39 is 216 Å². The molecule has 32 heteroatoms. The average Bonchev–Trinajstić information content (AvgIpc) is 3.00. The summed E-state index contributed by atoms with van der Waals surface area (Å²) < 4.78 is 183. The van der Waals surface area contributed by atoms with Crippen LogP contribution in [0.2, 0.25) is 0 Å². The molecule has 0 amide bonds. The van der Waals surface area contributed by atoms with E-state index in [2.05, 4.69) is 0 Å². The Balaban J connectivity index is 8.83. The van der Waals surface area contributed by atoms with Crippen molar-refractivity contribution in [2.45, 2.75) is 27.9 Å².